The molecule has 0 radical (unpaired) electrons. The minimum atomic E-state index is -0.554. The fourth-order valence-corrected chi connectivity index (χ4v) is 3.59. The van der Waals surface area contributed by atoms with E-state index in [1.54, 1.807) is 0 Å². The number of rotatable bonds is 6. The van der Waals surface area contributed by atoms with Crippen LogP contribution in [0.4, 0.5) is 0 Å². The minimum absolute atomic E-state index is 0.396. The largest absolute Gasteiger partial charge is 0.319 e. The molecule has 0 aromatic rings. The zero-order valence-electron chi connectivity index (χ0n) is 10.9. The Labute approximate surface area is 102 Å². The summed E-state index contributed by atoms with van der Waals surface area (Å²) in [7, 11) is 1.48. The van der Waals surface area contributed by atoms with Gasteiger partial charge in [-0.2, -0.15) is 0 Å². The standard InChI is InChI=1S/C12H26N2OS/c1-4-12(5-2,10-13-3)11-14-6-8-16(15)9-7-14/h13H,4-11H2,1-3H3. The summed E-state index contributed by atoms with van der Waals surface area (Å²) in [6.07, 6.45) is 2.42. The molecular weight excluding hydrogens is 220 g/mol. The van der Waals surface area contributed by atoms with E-state index < -0.39 is 10.8 Å². The Balaban J connectivity index is 2.50. The van der Waals surface area contributed by atoms with Crippen molar-refractivity contribution in [2.75, 3.05) is 44.7 Å². The smallest absolute Gasteiger partial charge is 0.0363 e. The topological polar surface area (TPSA) is 32.3 Å². The predicted octanol–water partition coefficient (Wildman–Crippen LogP) is 1.08. The van der Waals surface area contributed by atoms with Crippen LogP contribution >= 0.6 is 0 Å². The van der Waals surface area contributed by atoms with Gasteiger partial charge in [-0.1, -0.05) is 13.8 Å². The highest BCUT2D eigenvalue weighted by Gasteiger charge is 2.29. The van der Waals surface area contributed by atoms with Crippen molar-refractivity contribution in [3.8, 4) is 0 Å². The molecule has 16 heavy (non-hydrogen) atoms. The molecule has 0 aromatic heterocycles. The highest BCUT2D eigenvalue weighted by atomic mass is 32.2. The van der Waals surface area contributed by atoms with E-state index in [1.165, 1.54) is 12.8 Å². The summed E-state index contributed by atoms with van der Waals surface area (Å²) < 4.78 is 11.3. The third-order valence-corrected chi connectivity index (χ3v) is 5.16. The number of nitrogens with zero attached hydrogens (tertiary/aromatic N) is 1. The lowest BCUT2D eigenvalue weighted by molar-refractivity contribution is 0.145. The average molecular weight is 246 g/mol. The maximum atomic E-state index is 11.3. The summed E-state index contributed by atoms with van der Waals surface area (Å²) in [5, 5.41) is 3.32. The average Bonchev–Trinajstić information content (AvgIpc) is 2.31. The molecule has 1 saturated heterocycles. The summed E-state index contributed by atoms with van der Waals surface area (Å²) in [4.78, 5) is 2.49. The summed E-state index contributed by atoms with van der Waals surface area (Å²) in [5.74, 6) is 1.73. The molecule has 1 aliphatic heterocycles. The van der Waals surface area contributed by atoms with Gasteiger partial charge in [0.05, 0.1) is 0 Å². The van der Waals surface area contributed by atoms with Gasteiger partial charge in [0.1, 0.15) is 0 Å². The molecule has 96 valence electrons. The van der Waals surface area contributed by atoms with E-state index in [2.05, 4.69) is 24.1 Å². The Bertz CT molecular complexity index is 219. The van der Waals surface area contributed by atoms with Crippen LogP contribution in [0.3, 0.4) is 0 Å². The molecule has 0 saturated carbocycles. The number of nitrogens with one attached hydrogen (secondary N) is 1. The zero-order valence-corrected chi connectivity index (χ0v) is 11.7. The van der Waals surface area contributed by atoms with Gasteiger partial charge < -0.3 is 10.2 Å². The summed E-state index contributed by atoms with van der Waals surface area (Å²) >= 11 is 0. The first kappa shape index (κ1) is 14.1. The van der Waals surface area contributed by atoms with Gasteiger partial charge in [-0.25, -0.2) is 0 Å². The van der Waals surface area contributed by atoms with Crippen LogP contribution in [0, 0.1) is 5.41 Å². The van der Waals surface area contributed by atoms with E-state index in [0.29, 0.717) is 5.41 Å². The van der Waals surface area contributed by atoms with Crippen LogP contribution < -0.4 is 5.32 Å². The van der Waals surface area contributed by atoms with Gasteiger partial charge in [0.15, 0.2) is 0 Å². The van der Waals surface area contributed by atoms with Crippen molar-refractivity contribution in [1.29, 1.82) is 0 Å². The number of hydrogen-bond donors (Lipinski definition) is 1. The lowest BCUT2D eigenvalue weighted by atomic mass is 9.81. The molecule has 4 heteroatoms. The SMILES string of the molecule is CCC(CC)(CNC)CN1CCS(=O)CC1. The van der Waals surface area contributed by atoms with Crippen LogP contribution in [0.1, 0.15) is 26.7 Å². The molecule has 1 rings (SSSR count). The molecule has 1 heterocycles. The van der Waals surface area contributed by atoms with Crippen molar-refractivity contribution in [2.45, 2.75) is 26.7 Å². The van der Waals surface area contributed by atoms with Crippen molar-refractivity contribution in [3.05, 3.63) is 0 Å². The van der Waals surface area contributed by atoms with Gasteiger partial charge in [0.2, 0.25) is 0 Å². The summed E-state index contributed by atoms with van der Waals surface area (Å²) in [5.41, 5.74) is 0.396. The van der Waals surface area contributed by atoms with Crippen molar-refractivity contribution >= 4 is 10.8 Å². The first-order valence-corrected chi connectivity index (χ1v) is 7.86. The molecule has 0 bridgehead atoms. The third-order valence-electron chi connectivity index (χ3n) is 3.88. The Hall–Kier alpha value is 0.0700. The normalized spacial score (nSPS) is 20.2. The van der Waals surface area contributed by atoms with E-state index in [-0.39, 0.29) is 0 Å². The second kappa shape index (κ2) is 6.72. The van der Waals surface area contributed by atoms with Crippen molar-refractivity contribution in [1.82, 2.24) is 10.2 Å². The quantitative estimate of drug-likeness (QED) is 0.761. The lowest BCUT2D eigenvalue weighted by Crippen LogP contribution is -2.47. The second-order valence-corrected chi connectivity index (χ2v) is 6.56. The first-order chi connectivity index (χ1) is 7.65. The maximum absolute atomic E-state index is 11.3. The Morgan fingerprint density at radius 1 is 1.25 bits per heavy atom. The van der Waals surface area contributed by atoms with Crippen molar-refractivity contribution in [3.63, 3.8) is 0 Å². The molecule has 1 fully saturated rings. The zero-order chi connectivity index (χ0) is 12.0. The highest BCUT2D eigenvalue weighted by Crippen LogP contribution is 2.27. The molecule has 0 aromatic carbocycles. The van der Waals surface area contributed by atoms with Crippen LogP contribution in [-0.2, 0) is 10.8 Å². The second-order valence-electron chi connectivity index (χ2n) is 4.86. The fourth-order valence-electron chi connectivity index (χ4n) is 2.46. The molecule has 1 aliphatic rings. The van der Waals surface area contributed by atoms with Crippen LogP contribution in [0.5, 0.6) is 0 Å². The molecule has 1 N–H and O–H groups in total. The summed E-state index contributed by atoms with van der Waals surface area (Å²) in [6, 6.07) is 0. The van der Waals surface area contributed by atoms with E-state index in [0.717, 1.165) is 37.7 Å². The highest BCUT2D eigenvalue weighted by molar-refractivity contribution is 7.85. The maximum Gasteiger partial charge on any atom is 0.0363 e. The fraction of sp³-hybridized carbons (Fsp3) is 1.00. The van der Waals surface area contributed by atoms with E-state index in [1.807, 2.05) is 7.05 Å². The van der Waals surface area contributed by atoms with Crippen molar-refractivity contribution < 1.29 is 4.21 Å². The van der Waals surface area contributed by atoms with E-state index in [4.69, 9.17) is 0 Å². The lowest BCUT2D eigenvalue weighted by Gasteiger charge is -2.38. The molecule has 0 atom stereocenters. The molecule has 0 spiro atoms. The van der Waals surface area contributed by atoms with Gasteiger partial charge >= 0.3 is 0 Å². The van der Waals surface area contributed by atoms with Crippen LogP contribution in [0.15, 0.2) is 0 Å². The monoisotopic (exact) mass is 246 g/mol. The van der Waals surface area contributed by atoms with E-state index in [9.17, 15) is 4.21 Å². The Morgan fingerprint density at radius 3 is 2.25 bits per heavy atom. The van der Waals surface area contributed by atoms with Gasteiger partial charge in [-0.15, -0.1) is 0 Å². The third kappa shape index (κ3) is 3.82. The predicted molar refractivity (Wildman–Crippen MR) is 71.3 cm³/mol. The van der Waals surface area contributed by atoms with Gasteiger partial charge in [-0.3, -0.25) is 4.21 Å². The Kier molecular flexibility index (Phi) is 5.94. The number of hydrogen-bond acceptors (Lipinski definition) is 3. The van der Waals surface area contributed by atoms with Gasteiger partial charge in [0, 0.05) is 48.5 Å². The van der Waals surface area contributed by atoms with Crippen LogP contribution in [0.25, 0.3) is 0 Å². The summed E-state index contributed by atoms with van der Waals surface area (Å²) in [6.45, 7) is 8.82. The van der Waals surface area contributed by atoms with Gasteiger partial charge in [-0.05, 0) is 25.3 Å². The molecule has 3 nitrogen and oxygen atoms in total. The van der Waals surface area contributed by atoms with Crippen molar-refractivity contribution in [2.24, 2.45) is 5.41 Å². The van der Waals surface area contributed by atoms with Crippen LogP contribution in [0.2, 0.25) is 0 Å². The minimum Gasteiger partial charge on any atom is -0.319 e. The molecule has 0 amide bonds. The molecule has 0 unspecified atom stereocenters. The first-order valence-electron chi connectivity index (χ1n) is 6.37. The molecular formula is C12H26N2OS. The van der Waals surface area contributed by atoms with E-state index >= 15 is 0 Å². The van der Waals surface area contributed by atoms with Crippen LogP contribution in [-0.4, -0.2) is 53.8 Å². The Morgan fingerprint density at radius 2 is 1.81 bits per heavy atom. The molecule has 0 aliphatic carbocycles. The van der Waals surface area contributed by atoms with Gasteiger partial charge in [0.25, 0.3) is 0 Å².